The summed E-state index contributed by atoms with van der Waals surface area (Å²) in [5.74, 6) is 6.95. The van der Waals surface area contributed by atoms with Gasteiger partial charge in [-0.05, 0) is 32.4 Å². The Morgan fingerprint density at radius 1 is 1.67 bits per heavy atom. The van der Waals surface area contributed by atoms with Gasteiger partial charge in [-0.2, -0.15) is 16.9 Å². The van der Waals surface area contributed by atoms with Gasteiger partial charge in [-0.25, -0.2) is 0 Å². The smallest absolute Gasteiger partial charge is 0.0847 e. The van der Waals surface area contributed by atoms with E-state index in [1.54, 1.807) is 0 Å². The van der Waals surface area contributed by atoms with Crippen LogP contribution in [0.4, 0.5) is 0 Å². The molecule has 2 atom stereocenters. The van der Waals surface area contributed by atoms with Gasteiger partial charge in [0.15, 0.2) is 0 Å². The maximum Gasteiger partial charge on any atom is 0.0847 e. The molecule has 4 nitrogen and oxygen atoms in total. The van der Waals surface area contributed by atoms with Gasteiger partial charge in [0.25, 0.3) is 0 Å². The largest absolute Gasteiger partial charge is 0.271 e. The fourth-order valence-corrected chi connectivity index (χ4v) is 4.08. The first-order valence-corrected chi connectivity index (χ1v) is 7.89. The van der Waals surface area contributed by atoms with Gasteiger partial charge in [-0.15, -0.1) is 0 Å². The lowest BCUT2D eigenvalue weighted by molar-refractivity contribution is 0.475. The van der Waals surface area contributed by atoms with Crippen molar-refractivity contribution in [2.45, 2.75) is 50.9 Å². The maximum absolute atomic E-state index is 6.34. The molecule has 0 aliphatic carbocycles. The topological polar surface area (TPSA) is 55.9 Å². The van der Waals surface area contributed by atoms with Crippen molar-refractivity contribution in [3.63, 3.8) is 0 Å². The van der Waals surface area contributed by atoms with E-state index < -0.39 is 0 Å². The number of hydrazine groups is 1. The molecule has 6 heteroatoms. The van der Waals surface area contributed by atoms with Crippen molar-refractivity contribution in [2.24, 2.45) is 5.84 Å². The number of halogens is 1. The first-order chi connectivity index (χ1) is 8.67. The molecule has 0 bridgehead atoms. The third kappa shape index (κ3) is 2.85. The van der Waals surface area contributed by atoms with Gasteiger partial charge in [0.1, 0.15) is 0 Å². The fraction of sp³-hybridized carbons (Fsp3) is 0.750. The summed E-state index contributed by atoms with van der Waals surface area (Å²) in [7, 11) is 0. The van der Waals surface area contributed by atoms with Crippen molar-refractivity contribution in [1.82, 2.24) is 15.2 Å². The molecule has 102 valence electrons. The third-order valence-corrected chi connectivity index (χ3v) is 5.50. The number of aromatic nitrogens is 2. The number of nitrogens with two attached hydrogens (primary N) is 1. The minimum absolute atomic E-state index is 0.274. The minimum Gasteiger partial charge on any atom is -0.271 e. The number of hydrogen-bond donors (Lipinski definition) is 2. The summed E-state index contributed by atoms with van der Waals surface area (Å²) in [6, 6.07) is 0.274. The van der Waals surface area contributed by atoms with Crippen LogP contribution in [-0.4, -0.2) is 26.8 Å². The van der Waals surface area contributed by atoms with Crippen molar-refractivity contribution in [3.05, 3.63) is 16.4 Å². The SMILES string of the molecule is CCn1nc(C)c(Cl)c1CC(NN)C1CCCS1. The van der Waals surface area contributed by atoms with Crippen LogP contribution in [0, 0.1) is 6.92 Å². The van der Waals surface area contributed by atoms with Crippen LogP contribution in [0.3, 0.4) is 0 Å². The van der Waals surface area contributed by atoms with E-state index in [0.717, 1.165) is 29.4 Å². The minimum atomic E-state index is 0.274. The lowest BCUT2D eigenvalue weighted by Crippen LogP contribution is -2.43. The highest BCUT2D eigenvalue weighted by atomic mass is 35.5. The van der Waals surface area contributed by atoms with Crippen molar-refractivity contribution >= 4 is 23.4 Å². The fourth-order valence-electron chi connectivity index (χ4n) is 2.49. The maximum atomic E-state index is 6.34. The molecule has 1 aliphatic heterocycles. The van der Waals surface area contributed by atoms with Crippen LogP contribution < -0.4 is 11.3 Å². The van der Waals surface area contributed by atoms with Crippen molar-refractivity contribution in [3.8, 4) is 0 Å². The molecule has 0 amide bonds. The van der Waals surface area contributed by atoms with E-state index in [-0.39, 0.29) is 6.04 Å². The van der Waals surface area contributed by atoms with Gasteiger partial charge in [-0.1, -0.05) is 11.6 Å². The summed E-state index contributed by atoms with van der Waals surface area (Å²) in [5, 5.41) is 5.83. The van der Waals surface area contributed by atoms with E-state index in [2.05, 4.69) is 17.4 Å². The molecule has 1 aromatic heterocycles. The predicted octanol–water partition coefficient (Wildman–Crippen LogP) is 2.13. The first-order valence-electron chi connectivity index (χ1n) is 6.46. The molecule has 0 spiro atoms. The van der Waals surface area contributed by atoms with Crippen LogP contribution >= 0.6 is 23.4 Å². The lowest BCUT2D eigenvalue weighted by Gasteiger charge is -2.22. The Morgan fingerprint density at radius 3 is 3.00 bits per heavy atom. The van der Waals surface area contributed by atoms with E-state index in [1.165, 1.54) is 18.6 Å². The van der Waals surface area contributed by atoms with Gasteiger partial charge < -0.3 is 0 Å². The molecule has 1 aliphatic rings. The zero-order valence-corrected chi connectivity index (χ0v) is 12.5. The second-order valence-corrected chi connectivity index (χ2v) is 6.42. The van der Waals surface area contributed by atoms with Crippen LogP contribution in [0.1, 0.15) is 31.2 Å². The average molecular weight is 289 g/mol. The normalized spacial score (nSPS) is 21.4. The Bertz CT molecular complexity index is 401. The van der Waals surface area contributed by atoms with Crippen LogP contribution in [0.5, 0.6) is 0 Å². The summed E-state index contributed by atoms with van der Waals surface area (Å²) in [6.45, 7) is 4.88. The van der Waals surface area contributed by atoms with E-state index in [0.29, 0.717) is 5.25 Å². The number of nitrogens with zero attached hydrogens (tertiary/aromatic N) is 2. The summed E-state index contributed by atoms with van der Waals surface area (Å²) < 4.78 is 1.99. The summed E-state index contributed by atoms with van der Waals surface area (Å²) in [5.41, 5.74) is 4.97. The monoisotopic (exact) mass is 288 g/mol. The standard InChI is InChI=1S/C12H21ClN4S/c1-3-17-10(12(13)8(2)16-17)7-9(15-14)11-5-4-6-18-11/h9,11,15H,3-7,14H2,1-2H3. The Hall–Kier alpha value is -0.230. The van der Waals surface area contributed by atoms with Crippen molar-refractivity contribution in [2.75, 3.05) is 5.75 Å². The molecule has 3 N–H and O–H groups in total. The van der Waals surface area contributed by atoms with Gasteiger partial charge in [0, 0.05) is 24.3 Å². The molecule has 18 heavy (non-hydrogen) atoms. The Balaban J connectivity index is 2.15. The average Bonchev–Trinajstić information content (AvgIpc) is 2.98. The Kier molecular flexibility index (Phi) is 4.95. The van der Waals surface area contributed by atoms with E-state index in [9.17, 15) is 0 Å². The zero-order chi connectivity index (χ0) is 13.1. The van der Waals surface area contributed by atoms with Crippen LogP contribution in [0.15, 0.2) is 0 Å². The molecular formula is C12H21ClN4S. The van der Waals surface area contributed by atoms with E-state index in [1.807, 2.05) is 23.4 Å². The highest BCUT2D eigenvalue weighted by Gasteiger charge is 2.27. The van der Waals surface area contributed by atoms with Gasteiger partial charge >= 0.3 is 0 Å². The van der Waals surface area contributed by atoms with Gasteiger partial charge in [-0.3, -0.25) is 16.0 Å². The van der Waals surface area contributed by atoms with Crippen LogP contribution in [0.2, 0.25) is 5.02 Å². The molecule has 2 unspecified atom stereocenters. The highest BCUT2D eigenvalue weighted by molar-refractivity contribution is 8.00. The predicted molar refractivity (Wildman–Crippen MR) is 77.9 cm³/mol. The number of aryl methyl sites for hydroxylation is 2. The van der Waals surface area contributed by atoms with Gasteiger partial charge in [0.05, 0.1) is 16.4 Å². The molecule has 1 fully saturated rings. The molecule has 0 aromatic carbocycles. The van der Waals surface area contributed by atoms with Gasteiger partial charge in [0.2, 0.25) is 0 Å². The van der Waals surface area contributed by atoms with E-state index >= 15 is 0 Å². The van der Waals surface area contributed by atoms with Crippen molar-refractivity contribution in [1.29, 1.82) is 0 Å². The molecule has 2 heterocycles. The number of hydrogen-bond acceptors (Lipinski definition) is 4. The summed E-state index contributed by atoms with van der Waals surface area (Å²) in [4.78, 5) is 0. The first kappa shape index (κ1) is 14.2. The number of nitrogens with one attached hydrogen (secondary N) is 1. The quantitative estimate of drug-likeness (QED) is 0.644. The van der Waals surface area contributed by atoms with E-state index in [4.69, 9.17) is 17.4 Å². The number of rotatable bonds is 5. The lowest BCUT2D eigenvalue weighted by atomic mass is 10.0. The van der Waals surface area contributed by atoms with Crippen molar-refractivity contribution < 1.29 is 0 Å². The number of thioether (sulfide) groups is 1. The zero-order valence-electron chi connectivity index (χ0n) is 10.9. The second-order valence-electron chi connectivity index (χ2n) is 4.69. The Labute approximate surface area is 118 Å². The van der Waals surface area contributed by atoms with Crippen LogP contribution in [0.25, 0.3) is 0 Å². The summed E-state index contributed by atoms with van der Waals surface area (Å²) in [6.07, 6.45) is 3.37. The molecular weight excluding hydrogens is 268 g/mol. The highest BCUT2D eigenvalue weighted by Crippen LogP contribution is 2.31. The second kappa shape index (κ2) is 6.28. The van der Waals surface area contributed by atoms with Crippen LogP contribution in [-0.2, 0) is 13.0 Å². The molecule has 0 saturated carbocycles. The molecule has 0 radical (unpaired) electrons. The molecule has 1 aromatic rings. The third-order valence-electron chi connectivity index (χ3n) is 3.49. The molecule has 1 saturated heterocycles. The summed E-state index contributed by atoms with van der Waals surface area (Å²) >= 11 is 8.35. The Morgan fingerprint density at radius 2 is 2.44 bits per heavy atom. The molecule has 2 rings (SSSR count).